The van der Waals surface area contributed by atoms with E-state index in [-0.39, 0.29) is 17.9 Å². The Bertz CT molecular complexity index is 1290. The van der Waals surface area contributed by atoms with Gasteiger partial charge in [-0.3, -0.25) is 0 Å². The number of carboxylic acid groups (broad SMARTS) is 1. The van der Waals surface area contributed by atoms with Crippen LogP contribution in [0.1, 0.15) is 45.4 Å². The first-order valence-electron chi connectivity index (χ1n) is 11.0. The van der Waals surface area contributed by atoms with E-state index in [0.29, 0.717) is 28.7 Å². The molecule has 34 heavy (non-hydrogen) atoms. The normalized spacial score (nSPS) is 20.3. The molecule has 0 aromatic heterocycles. The van der Waals surface area contributed by atoms with Crippen molar-refractivity contribution in [3.8, 4) is 11.5 Å². The zero-order valence-electron chi connectivity index (χ0n) is 18.4. The van der Waals surface area contributed by atoms with Crippen molar-refractivity contribution in [1.29, 1.82) is 0 Å². The molecule has 1 aliphatic carbocycles. The monoisotopic (exact) mass is 539 g/mol. The molecule has 1 aliphatic heterocycles. The second-order valence-corrected chi connectivity index (χ2v) is 9.76. The number of fused-ring (bicyclic) bond motifs is 3. The molecule has 5 rings (SSSR count). The van der Waals surface area contributed by atoms with Crippen molar-refractivity contribution in [2.24, 2.45) is 5.92 Å². The minimum atomic E-state index is -0.913. The minimum absolute atomic E-state index is 0.0333. The van der Waals surface area contributed by atoms with Gasteiger partial charge in [0.1, 0.15) is 6.61 Å². The van der Waals surface area contributed by atoms with E-state index in [4.69, 9.17) is 21.1 Å². The number of hydrogen-bond donors (Lipinski definition) is 2. The molecule has 3 aromatic rings. The van der Waals surface area contributed by atoms with E-state index in [9.17, 15) is 9.90 Å². The van der Waals surface area contributed by atoms with Gasteiger partial charge >= 0.3 is 5.97 Å². The fourth-order valence-electron chi connectivity index (χ4n) is 4.88. The number of aromatic carboxylic acids is 1. The van der Waals surface area contributed by atoms with Gasteiger partial charge in [-0.05, 0) is 75.8 Å². The third-order valence-corrected chi connectivity index (χ3v) is 7.51. The molecule has 2 aliphatic rings. The Morgan fingerprint density at radius 3 is 2.79 bits per heavy atom. The first-order chi connectivity index (χ1) is 16.5. The van der Waals surface area contributed by atoms with Crippen LogP contribution < -0.4 is 14.8 Å². The number of benzene rings is 3. The predicted octanol–water partition coefficient (Wildman–Crippen LogP) is 7.21. The van der Waals surface area contributed by atoms with Crippen LogP contribution in [0.3, 0.4) is 0 Å². The van der Waals surface area contributed by atoms with Gasteiger partial charge in [0.25, 0.3) is 0 Å². The molecule has 1 heterocycles. The lowest BCUT2D eigenvalue weighted by Crippen LogP contribution is -2.29. The summed E-state index contributed by atoms with van der Waals surface area (Å²) in [6.07, 6.45) is 5.28. The largest absolute Gasteiger partial charge is 0.493 e. The summed E-state index contributed by atoms with van der Waals surface area (Å²) in [4.78, 5) is 11.5. The SMILES string of the molecule is COc1cc([C@@H]2Nc3ccc(C(=O)O)cc3[C@@H]3C=CC[C@@H]32)cc(Br)c1OCc1ccccc1Cl. The zero-order chi connectivity index (χ0) is 23.8. The van der Waals surface area contributed by atoms with Crippen molar-refractivity contribution in [1.82, 2.24) is 0 Å². The van der Waals surface area contributed by atoms with E-state index in [1.807, 2.05) is 36.4 Å². The Morgan fingerprint density at radius 1 is 1.21 bits per heavy atom. The van der Waals surface area contributed by atoms with Gasteiger partial charge in [0.2, 0.25) is 0 Å². The van der Waals surface area contributed by atoms with Crippen molar-refractivity contribution < 1.29 is 19.4 Å². The molecule has 3 atom stereocenters. The highest BCUT2D eigenvalue weighted by Gasteiger charge is 2.38. The lowest BCUT2D eigenvalue weighted by atomic mass is 9.76. The maximum absolute atomic E-state index is 11.5. The molecule has 2 N–H and O–H groups in total. The number of rotatable bonds is 6. The topological polar surface area (TPSA) is 67.8 Å². The number of halogens is 2. The molecule has 7 heteroatoms. The summed E-state index contributed by atoms with van der Waals surface area (Å²) in [7, 11) is 1.63. The number of methoxy groups -OCH3 is 1. The molecule has 0 fully saturated rings. The second kappa shape index (κ2) is 9.35. The van der Waals surface area contributed by atoms with E-state index in [1.54, 1.807) is 19.2 Å². The number of anilines is 1. The van der Waals surface area contributed by atoms with Gasteiger partial charge in [0.05, 0.1) is 23.2 Å². The van der Waals surface area contributed by atoms with Gasteiger partial charge in [0.15, 0.2) is 11.5 Å². The highest BCUT2D eigenvalue weighted by atomic mass is 79.9. The third kappa shape index (κ3) is 4.17. The van der Waals surface area contributed by atoms with Crippen molar-refractivity contribution in [2.75, 3.05) is 12.4 Å². The van der Waals surface area contributed by atoms with Crippen molar-refractivity contribution in [3.05, 3.63) is 98.5 Å². The molecule has 3 aromatic carbocycles. The summed E-state index contributed by atoms with van der Waals surface area (Å²) in [5, 5.41) is 13.7. The molecule has 174 valence electrons. The number of carbonyl (C=O) groups is 1. The van der Waals surface area contributed by atoms with Gasteiger partial charge in [0, 0.05) is 22.2 Å². The first-order valence-corrected chi connectivity index (χ1v) is 12.2. The summed E-state index contributed by atoms with van der Waals surface area (Å²) >= 11 is 9.96. The number of hydrogen-bond acceptors (Lipinski definition) is 4. The quantitative estimate of drug-likeness (QED) is 0.323. The van der Waals surface area contributed by atoms with Crippen LogP contribution in [0.2, 0.25) is 5.02 Å². The van der Waals surface area contributed by atoms with Gasteiger partial charge in [-0.15, -0.1) is 0 Å². The molecular weight excluding hydrogens is 518 g/mol. The van der Waals surface area contributed by atoms with E-state index >= 15 is 0 Å². The Labute approximate surface area is 211 Å². The van der Waals surface area contributed by atoms with Crippen LogP contribution in [0.15, 0.2) is 71.2 Å². The summed E-state index contributed by atoms with van der Waals surface area (Å²) in [6, 6.07) is 17.0. The van der Waals surface area contributed by atoms with Crippen LogP contribution in [-0.2, 0) is 6.61 Å². The summed E-state index contributed by atoms with van der Waals surface area (Å²) < 4.78 is 12.6. The number of carboxylic acids is 1. The van der Waals surface area contributed by atoms with Gasteiger partial charge in [-0.1, -0.05) is 42.0 Å². The van der Waals surface area contributed by atoms with Crippen LogP contribution in [0, 0.1) is 5.92 Å². The molecule has 0 spiro atoms. The molecule has 0 radical (unpaired) electrons. The van der Waals surface area contributed by atoms with Crippen LogP contribution >= 0.6 is 27.5 Å². The standard InChI is InChI=1S/C27H23BrClNO4/c1-33-24-13-17(12-21(28)26(24)34-14-16-5-2-3-8-22(16)29)25-19-7-4-6-18(19)20-11-15(27(31)32)9-10-23(20)30-25/h2-6,8-13,18-19,25,30H,7,14H2,1H3,(H,31,32)/t18-,19+,25+/m1/s1. The molecule has 0 amide bonds. The predicted molar refractivity (Wildman–Crippen MR) is 136 cm³/mol. The Balaban J connectivity index is 1.46. The maximum Gasteiger partial charge on any atom is 0.335 e. The Kier molecular flexibility index (Phi) is 6.28. The van der Waals surface area contributed by atoms with Crippen molar-refractivity contribution in [2.45, 2.75) is 25.0 Å². The lowest BCUT2D eigenvalue weighted by molar-refractivity contribution is 0.0696. The zero-order valence-corrected chi connectivity index (χ0v) is 20.8. The van der Waals surface area contributed by atoms with E-state index in [2.05, 4.69) is 39.5 Å². The highest BCUT2D eigenvalue weighted by Crippen LogP contribution is 2.51. The van der Waals surface area contributed by atoms with E-state index in [1.165, 1.54) is 0 Å². The number of ether oxygens (including phenoxy) is 2. The second-order valence-electron chi connectivity index (χ2n) is 8.50. The van der Waals surface area contributed by atoms with Gasteiger partial charge in [-0.25, -0.2) is 4.79 Å². The molecule has 0 bridgehead atoms. The smallest absolute Gasteiger partial charge is 0.335 e. The lowest BCUT2D eigenvalue weighted by Gasteiger charge is -2.38. The van der Waals surface area contributed by atoms with Crippen LogP contribution in [0.4, 0.5) is 5.69 Å². The molecule has 5 nitrogen and oxygen atoms in total. The van der Waals surface area contributed by atoms with Crippen LogP contribution in [-0.4, -0.2) is 18.2 Å². The number of nitrogens with one attached hydrogen (secondary N) is 1. The van der Waals surface area contributed by atoms with E-state index < -0.39 is 5.97 Å². The van der Waals surface area contributed by atoms with Crippen molar-refractivity contribution in [3.63, 3.8) is 0 Å². The van der Waals surface area contributed by atoms with Crippen LogP contribution in [0.5, 0.6) is 11.5 Å². The van der Waals surface area contributed by atoms with Gasteiger partial charge in [-0.2, -0.15) is 0 Å². The first kappa shape index (κ1) is 22.8. The molecule has 0 saturated heterocycles. The van der Waals surface area contributed by atoms with Crippen LogP contribution in [0.25, 0.3) is 0 Å². The van der Waals surface area contributed by atoms with E-state index in [0.717, 1.165) is 33.3 Å². The number of allylic oxidation sites excluding steroid dienone is 2. The maximum atomic E-state index is 11.5. The Hall–Kier alpha value is -2.96. The minimum Gasteiger partial charge on any atom is -0.493 e. The molecule has 0 saturated carbocycles. The Morgan fingerprint density at radius 2 is 2.03 bits per heavy atom. The summed E-state index contributed by atoms with van der Waals surface area (Å²) in [6.45, 7) is 0.323. The summed E-state index contributed by atoms with van der Waals surface area (Å²) in [5.74, 6) is 0.761. The average molecular weight is 541 g/mol. The van der Waals surface area contributed by atoms with Crippen molar-refractivity contribution >= 4 is 39.2 Å². The summed E-state index contributed by atoms with van der Waals surface area (Å²) in [5.41, 5.74) is 4.26. The fraction of sp³-hybridized carbons (Fsp3) is 0.222. The highest BCUT2D eigenvalue weighted by molar-refractivity contribution is 9.10. The third-order valence-electron chi connectivity index (χ3n) is 6.55. The van der Waals surface area contributed by atoms with Gasteiger partial charge < -0.3 is 19.9 Å². The fourth-order valence-corrected chi connectivity index (χ4v) is 5.65. The molecule has 0 unspecified atom stereocenters. The average Bonchev–Trinajstić information content (AvgIpc) is 3.33. The molecular formula is C27H23BrClNO4.